The van der Waals surface area contributed by atoms with Crippen LogP contribution in [-0.4, -0.2) is 38.1 Å². The molecule has 0 saturated heterocycles. The average molecular weight is 332 g/mol. The molecule has 4 nitrogen and oxygen atoms in total. The van der Waals surface area contributed by atoms with Crippen molar-refractivity contribution in [2.45, 2.75) is 13.1 Å². The third-order valence-corrected chi connectivity index (χ3v) is 4.34. The van der Waals surface area contributed by atoms with Crippen LogP contribution in [-0.2, 0) is 0 Å². The highest BCUT2D eigenvalue weighted by atomic mass is 35.5. The summed E-state index contributed by atoms with van der Waals surface area (Å²) in [6.07, 6.45) is -0.0341. The van der Waals surface area contributed by atoms with Gasteiger partial charge < -0.3 is 4.90 Å². The molecule has 0 aliphatic carbocycles. The fraction of sp³-hybridized carbons (Fsp3) is 0.278. The van der Waals surface area contributed by atoms with Gasteiger partial charge in [-0.2, -0.15) is 0 Å². The van der Waals surface area contributed by atoms with Gasteiger partial charge in [0.2, 0.25) is 0 Å². The number of halogens is 1. The monoisotopic (exact) mass is 331 g/mol. The maximum atomic E-state index is 13.2. The molecule has 0 spiro atoms. The number of benzene rings is 2. The molecule has 2 aromatic rings. The van der Waals surface area contributed by atoms with Gasteiger partial charge in [-0.1, -0.05) is 24.3 Å². The molecule has 1 atom stereocenters. The van der Waals surface area contributed by atoms with Gasteiger partial charge in [0.15, 0.2) is 0 Å². The Bertz CT molecular complexity index is 717. The first-order valence-electron chi connectivity index (χ1n) is 7.44. The molecular formula is C18H22ClN3O. The number of anilines is 3. The number of amides is 1. The van der Waals surface area contributed by atoms with Gasteiger partial charge >= 0.3 is 0 Å². The van der Waals surface area contributed by atoms with Gasteiger partial charge in [0.1, 0.15) is 0 Å². The van der Waals surface area contributed by atoms with Crippen molar-refractivity contribution >= 4 is 35.4 Å². The highest BCUT2D eigenvalue weighted by Crippen LogP contribution is 2.40. The second-order valence-corrected chi connectivity index (χ2v) is 5.84. The molecule has 1 amide bonds. The zero-order valence-electron chi connectivity index (χ0n) is 13.9. The number of para-hydroxylation sites is 3. The number of nitrogens with zero attached hydrogens (tertiary/aromatic N) is 3. The highest BCUT2D eigenvalue weighted by molar-refractivity contribution is 6.14. The van der Waals surface area contributed by atoms with Crippen molar-refractivity contribution in [1.29, 1.82) is 0 Å². The van der Waals surface area contributed by atoms with Crippen LogP contribution in [0.2, 0.25) is 0 Å². The van der Waals surface area contributed by atoms with Gasteiger partial charge in [-0.3, -0.25) is 14.6 Å². The number of hydrogen-bond acceptors (Lipinski definition) is 3. The van der Waals surface area contributed by atoms with E-state index in [4.69, 9.17) is 0 Å². The Morgan fingerprint density at radius 1 is 0.913 bits per heavy atom. The van der Waals surface area contributed by atoms with E-state index in [0.29, 0.717) is 0 Å². The number of rotatable bonds is 2. The van der Waals surface area contributed by atoms with Crippen LogP contribution in [0.5, 0.6) is 0 Å². The van der Waals surface area contributed by atoms with E-state index < -0.39 is 0 Å². The lowest BCUT2D eigenvalue weighted by molar-refractivity contribution is 0.0955. The Morgan fingerprint density at radius 2 is 1.43 bits per heavy atom. The summed E-state index contributed by atoms with van der Waals surface area (Å²) in [4.78, 5) is 19.2. The van der Waals surface area contributed by atoms with Gasteiger partial charge in [-0.05, 0) is 45.3 Å². The predicted octanol–water partition coefficient (Wildman–Crippen LogP) is 3.74. The summed E-state index contributed by atoms with van der Waals surface area (Å²) in [5, 5.41) is 0. The normalized spacial score (nSPS) is 14.7. The van der Waals surface area contributed by atoms with Gasteiger partial charge in [-0.15, -0.1) is 12.4 Å². The maximum absolute atomic E-state index is 13.2. The van der Waals surface area contributed by atoms with Crippen LogP contribution < -0.4 is 9.80 Å². The van der Waals surface area contributed by atoms with E-state index >= 15 is 0 Å². The van der Waals surface area contributed by atoms with Crippen molar-refractivity contribution in [2.24, 2.45) is 0 Å². The fourth-order valence-corrected chi connectivity index (χ4v) is 2.87. The summed E-state index contributed by atoms with van der Waals surface area (Å²) in [5.41, 5.74) is 3.64. The lowest BCUT2D eigenvalue weighted by Crippen LogP contribution is -2.46. The number of hydrogen-bond donors (Lipinski definition) is 0. The molecule has 1 aliphatic rings. The van der Waals surface area contributed by atoms with Crippen LogP contribution in [0.4, 0.5) is 17.1 Å². The van der Waals surface area contributed by atoms with Crippen LogP contribution in [0.1, 0.15) is 17.3 Å². The average Bonchev–Trinajstić information content (AvgIpc) is 2.62. The molecule has 122 valence electrons. The fourth-order valence-electron chi connectivity index (χ4n) is 2.87. The second-order valence-electron chi connectivity index (χ2n) is 5.84. The van der Waals surface area contributed by atoms with Crippen LogP contribution in [0.25, 0.3) is 0 Å². The molecule has 0 saturated carbocycles. The third-order valence-electron chi connectivity index (χ3n) is 4.34. The van der Waals surface area contributed by atoms with E-state index in [9.17, 15) is 4.79 Å². The van der Waals surface area contributed by atoms with Crippen molar-refractivity contribution in [2.75, 3.05) is 30.9 Å². The minimum atomic E-state index is -0.0341. The second kappa shape index (κ2) is 6.60. The van der Waals surface area contributed by atoms with Crippen molar-refractivity contribution in [3.8, 4) is 0 Å². The van der Waals surface area contributed by atoms with E-state index in [1.54, 1.807) is 0 Å². The summed E-state index contributed by atoms with van der Waals surface area (Å²) in [5.74, 6) is 0.0357. The van der Waals surface area contributed by atoms with Gasteiger partial charge in [-0.25, -0.2) is 0 Å². The Morgan fingerprint density at radius 3 is 2.04 bits per heavy atom. The van der Waals surface area contributed by atoms with Crippen LogP contribution >= 0.6 is 12.4 Å². The minimum Gasteiger partial charge on any atom is -0.342 e. The summed E-state index contributed by atoms with van der Waals surface area (Å²) in [6, 6.07) is 15.8. The van der Waals surface area contributed by atoms with Crippen LogP contribution in [0.3, 0.4) is 0 Å². The topological polar surface area (TPSA) is 26.8 Å². The summed E-state index contributed by atoms with van der Waals surface area (Å²) in [7, 11) is 5.98. The summed E-state index contributed by atoms with van der Waals surface area (Å²) >= 11 is 0. The molecule has 0 N–H and O–H groups in total. The first-order chi connectivity index (χ1) is 10.5. The molecule has 0 radical (unpaired) electrons. The molecule has 5 heteroatoms. The molecule has 1 aliphatic heterocycles. The molecule has 3 rings (SSSR count). The quantitative estimate of drug-likeness (QED) is 0.838. The molecule has 0 fully saturated rings. The van der Waals surface area contributed by atoms with Crippen LogP contribution in [0, 0.1) is 0 Å². The van der Waals surface area contributed by atoms with Crippen LogP contribution in [0.15, 0.2) is 48.5 Å². The number of fused-ring (bicyclic) bond motifs is 2. The first kappa shape index (κ1) is 17.3. The molecular weight excluding hydrogens is 310 g/mol. The predicted molar refractivity (Wildman–Crippen MR) is 98.2 cm³/mol. The Balaban J connectivity index is 0.00000192. The number of carbonyl (C=O) groups excluding carboxylic acids is 1. The standard InChI is InChI=1S/C18H21N3O.ClH/c1-13(19(2)3)21-17-12-8-7-11-16(17)20(4)15-10-6-5-9-14(15)18(21)22;/h5-13H,1-4H3;1H. The van der Waals surface area contributed by atoms with E-state index in [-0.39, 0.29) is 24.5 Å². The Hall–Kier alpha value is -2.04. The molecule has 2 aromatic carbocycles. The molecule has 1 heterocycles. The van der Waals surface area contributed by atoms with Crippen molar-refractivity contribution in [3.63, 3.8) is 0 Å². The van der Waals surface area contributed by atoms with Crippen molar-refractivity contribution in [1.82, 2.24) is 4.90 Å². The first-order valence-corrected chi connectivity index (χ1v) is 7.44. The van der Waals surface area contributed by atoms with Crippen molar-refractivity contribution in [3.05, 3.63) is 54.1 Å². The smallest absolute Gasteiger partial charge is 0.261 e. The number of carbonyl (C=O) groups is 1. The molecule has 23 heavy (non-hydrogen) atoms. The highest BCUT2D eigenvalue weighted by Gasteiger charge is 2.32. The summed E-state index contributed by atoms with van der Waals surface area (Å²) < 4.78 is 0. The minimum absolute atomic E-state index is 0. The largest absolute Gasteiger partial charge is 0.342 e. The van der Waals surface area contributed by atoms with Gasteiger partial charge in [0.05, 0.1) is 28.8 Å². The van der Waals surface area contributed by atoms with E-state index in [0.717, 1.165) is 22.6 Å². The SMILES string of the molecule is CC(N(C)C)N1C(=O)c2ccccc2N(C)c2ccccc21.Cl. The zero-order valence-corrected chi connectivity index (χ0v) is 14.7. The Labute approximate surface area is 143 Å². The molecule has 0 bridgehead atoms. The van der Waals surface area contributed by atoms with Gasteiger partial charge in [0.25, 0.3) is 5.91 Å². The van der Waals surface area contributed by atoms with E-state index in [1.165, 1.54) is 0 Å². The zero-order chi connectivity index (χ0) is 15.9. The lowest BCUT2D eigenvalue weighted by Gasteiger charge is -2.33. The summed E-state index contributed by atoms with van der Waals surface area (Å²) in [6.45, 7) is 2.04. The van der Waals surface area contributed by atoms with E-state index in [2.05, 4.69) is 11.0 Å². The van der Waals surface area contributed by atoms with E-state index in [1.807, 2.05) is 80.3 Å². The van der Waals surface area contributed by atoms with Gasteiger partial charge in [0, 0.05) is 7.05 Å². The van der Waals surface area contributed by atoms with Crippen molar-refractivity contribution < 1.29 is 4.79 Å². The molecule has 0 aromatic heterocycles. The maximum Gasteiger partial charge on any atom is 0.261 e. The Kier molecular flexibility index (Phi) is 4.97. The lowest BCUT2D eigenvalue weighted by atomic mass is 10.1. The third kappa shape index (κ3) is 2.80. The molecule has 1 unspecified atom stereocenters.